The number of carbonyl (C=O) groups excluding carboxylic acids is 1. The smallest absolute Gasteiger partial charge is 0.340 e. The number of nitrogens with zero attached hydrogens (tertiary/aromatic N) is 4. The Morgan fingerprint density at radius 1 is 1.22 bits per heavy atom. The molecule has 27 heavy (non-hydrogen) atoms. The summed E-state index contributed by atoms with van der Waals surface area (Å²) in [7, 11) is 0. The van der Waals surface area contributed by atoms with Gasteiger partial charge in [-0.3, -0.25) is 4.79 Å². The van der Waals surface area contributed by atoms with Crippen molar-refractivity contribution in [3.63, 3.8) is 0 Å². The van der Waals surface area contributed by atoms with E-state index < -0.39 is 11.2 Å². The molecule has 0 saturated heterocycles. The molecule has 9 heteroatoms. The number of amides is 1. The summed E-state index contributed by atoms with van der Waals surface area (Å²) in [6, 6.07) is 9.07. The Hall–Kier alpha value is -2.68. The summed E-state index contributed by atoms with van der Waals surface area (Å²) >= 11 is 0.470. The number of hydrogen-bond donors (Lipinski definition) is 0. The van der Waals surface area contributed by atoms with Crippen molar-refractivity contribution in [1.82, 2.24) is 19.5 Å². The van der Waals surface area contributed by atoms with Gasteiger partial charge in [0.05, 0.1) is 11.4 Å². The van der Waals surface area contributed by atoms with Crippen LogP contribution in [0, 0.1) is 0 Å². The molecule has 0 fully saturated rings. The van der Waals surface area contributed by atoms with E-state index in [4.69, 9.17) is 0 Å². The van der Waals surface area contributed by atoms with Gasteiger partial charge in [0.15, 0.2) is 0 Å². The Morgan fingerprint density at radius 2 is 1.89 bits per heavy atom. The minimum Gasteiger partial charge on any atom is -0.340 e. The highest BCUT2D eigenvalue weighted by Crippen LogP contribution is 2.35. The van der Waals surface area contributed by atoms with E-state index in [1.54, 1.807) is 17.0 Å². The molecule has 3 rings (SSSR count). The second-order valence-corrected chi connectivity index (χ2v) is 6.61. The van der Waals surface area contributed by atoms with E-state index in [0.717, 1.165) is 10.1 Å². The van der Waals surface area contributed by atoms with Crippen molar-refractivity contribution in [2.75, 3.05) is 13.1 Å². The van der Waals surface area contributed by atoms with Crippen LogP contribution in [-0.4, -0.2) is 38.5 Å². The molecule has 2 heterocycles. The van der Waals surface area contributed by atoms with E-state index in [0.29, 0.717) is 35.8 Å². The lowest BCUT2D eigenvalue weighted by molar-refractivity contribution is -0.138. The summed E-state index contributed by atoms with van der Waals surface area (Å²) in [4.78, 5) is 18.3. The molecular formula is C18H17F3N4OS. The number of rotatable bonds is 5. The maximum Gasteiger partial charge on any atom is 0.445 e. The second-order valence-electron chi connectivity index (χ2n) is 5.65. The summed E-state index contributed by atoms with van der Waals surface area (Å²) in [5.74, 6) is -0.222. The van der Waals surface area contributed by atoms with E-state index in [9.17, 15) is 18.0 Å². The van der Waals surface area contributed by atoms with Crippen LogP contribution in [-0.2, 0) is 11.0 Å². The number of aromatic nitrogens is 3. The SMILES string of the molecule is CCN(CC)C(=O)C=Cc1c(-c2ccccc2)nc2sc(C(F)(F)F)nn12. The number of alkyl halides is 3. The number of halogens is 3. The third kappa shape index (κ3) is 3.87. The monoisotopic (exact) mass is 394 g/mol. The van der Waals surface area contributed by atoms with E-state index >= 15 is 0 Å². The zero-order valence-corrected chi connectivity index (χ0v) is 15.5. The standard InChI is InChI=1S/C18H17F3N4OS/c1-3-24(4-2)14(26)11-10-13-15(12-8-6-5-7-9-12)22-17-25(13)23-16(27-17)18(19,20)21/h5-11H,3-4H2,1-2H3. The zero-order chi connectivity index (χ0) is 19.6. The molecule has 0 atom stereocenters. The summed E-state index contributed by atoms with van der Waals surface area (Å²) in [6.07, 6.45) is -1.73. The maximum atomic E-state index is 13.0. The fourth-order valence-corrected chi connectivity index (χ4v) is 3.40. The quantitative estimate of drug-likeness (QED) is 0.604. The molecule has 0 aliphatic rings. The molecular weight excluding hydrogens is 377 g/mol. The molecule has 0 aliphatic heterocycles. The van der Waals surface area contributed by atoms with Crippen LogP contribution < -0.4 is 0 Å². The van der Waals surface area contributed by atoms with E-state index in [1.165, 1.54) is 12.2 Å². The van der Waals surface area contributed by atoms with E-state index in [1.807, 2.05) is 32.0 Å². The summed E-state index contributed by atoms with van der Waals surface area (Å²) in [6.45, 7) is 4.80. The Balaban J connectivity index is 2.11. The minimum absolute atomic E-state index is 0.121. The third-order valence-electron chi connectivity index (χ3n) is 3.99. The Kier molecular flexibility index (Phi) is 5.31. The first kappa shape index (κ1) is 19.1. The number of benzene rings is 1. The van der Waals surface area contributed by atoms with Gasteiger partial charge in [0.2, 0.25) is 15.9 Å². The van der Waals surface area contributed by atoms with Crippen LogP contribution in [0.15, 0.2) is 36.4 Å². The normalized spacial score (nSPS) is 12.2. The van der Waals surface area contributed by atoms with Crippen LogP contribution in [0.5, 0.6) is 0 Å². The molecule has 0 bridgehead atoms. The van der Waals surface area contributed by atoms with Gasteiger partial charge in [-0.1, -0.05) is 41.7 Å². The topological polar surface area (TPSA) is 50.5 Å². The first-order valence-corrected chi connectivity index (χ1v) is 9.16. The van der Waals surface area contributed by atoms with Gasteiger partial charge >= 0.3 is 6.18 Å². The number of fused-ring (bicyclic) bond motifs is 1. The molecule has 0 unspecified atom stereocenters. The molecule has 142 valence electrons. The number of carbonyl (C=O) groups is 1. The largest absolute Gasteiger partial charge is 0.445 e. The van der Waals surface area contributed by atoms with Crippen molar-refractivity contribution < 1.29 is 18.0 Å². The van der Waals surface area contributed by atoms with Crippen molar-refractivity contribution >= 4 is 28.3 Å². The van der Waals surface area contributed by atoms with Crippen molar-refractivity contribution in [3.8, 4) is 11.3 Å². The van der Waals surface area contributed by atoms with Gasteiger partial charge < -0.3 is 4.90 Å². The van der Waals surface area contributed by atoms with Crippen LogP contribution in [0.4, 0.5) is 13.2 Å². The molecule has 2 aromatic heterocycles. The predicted molar refractivity (Wildman–Crippen MR) is 98.3 cm³/mol. The third-order valence-corrected chi connectivity index (χ3v) is 4.94. The Morgan fingerprint density at radius 3 is 2.48 bits per heavy atom. The average Bonchev–Trinajstić information content (AvgIpc) is 3.20. The van der Waals surface area contributed by atoms with Gasteiger partial charge in [0.1, 0.15) is 0 Å². The number of hydrogen-bond acceptors (Lipinski definition) is 4. The van der Waals surface area contributed by atoms with Crippen LogP contribution in [0.3, 0.4) is 0 Å². The lowest BCUT2D eigenvalue weighted by atomic mass is 10.1. The minimum atomic E-state index is -4.55. The van der Waals surface area contributed by atoms with Gasteiger partial charge in [0.25, 0.3) is 0 Å². The van der Waals surface area contributed by atoms with Crippen LogP contribution in [0.1, 0.15) is 24.5 Å². The van der Waals surface area contributed by atoms with Gasteiger partial charge in [-0.25, -0.2) is 9.50 Å². The van der Waals surface area contributed by atoms with E-state index in [-0.39, 0.29) is 10.9 Å². The lowest BCUT2D eigenvalue weighted by Crippen LogP contribution is -2.28. The molecule has 5 nitrogen and oxygen atoms in total. The first-order chi connectivity index (χ1) is 12.8. The van der Waals surface area contributed by atoms with Crippen molar-refractivity contribution in [1.29, 1.82) is 0 Å². The molecule has 0 spiro atoms. The summed E-state index contributed by atoms with van der Waals surface area (Å²) in [5, 5.41) is 2.69. The number of imidazole rings is 1. The summed E-state index contributed by atoms with van der Waals surface area (Å²) < 4.78 is 40.1. The van der Waals surface area contributed by atoms with Crippen molar-refractivity contribution in [2.24, 2.45) is 0 Å². The Labute approximate surface area is 157 Å². The molecule has 1 aromatic carbocycles. The average molecular weight is 394 g/mol. The molecule has 0 radical (unpaired) electrons. The van der Waals surface area contributed by atoms with Gasteiger partial charge in [-0.2, -0.15) is 13.2 Å². The van der Waals surface area contributed by atoms with Crippen LogP contribution >= 0.6 is 11.3 Å². The summed E-state index contributed by atoms with van der Waals surface area (Å²) in [5.41, 5.74) is 1.55. The molecule has 0 N–H and O–H groups in total. The number of likely N-dealkylation sites (N-methyl/N-ethyl adjacent to an activating group) is 1. The van der Waals surface area contributed by atoms with Gasteiger partial charge in [0, 0.05) is 24.7 Å². The molecule has 0 aliphatic carbocycles. The van der Waals surface area contributed by atoms with Crippen LogP contribution in [0.25, 0.3) is 22.3 Å². The highest BCUT2D eigenvalue weighted by molar-refractivity contribution is 7.16. The van der Waals surface area contributed by atoms with Crippen molar-refractivity contribution in [2.45, 2.75) is 20.0 Å². The maximum absolute atomic E-state index is 13.0. The molecule has 1 amide bonds. The van der Waals surface area contributed by atoms with E-state index in [2.05, 4.69) is 10.1 Å². The highest BCUT2D eigenvalue weighted by atomic mass is 32.1. The first-order valence-electron chi connectivity index (χ1n) is 8.34. The van der Waals surface area contributed by atoms with Gasteiger partial charge in [-0.05, 0) is 19.9 Å². The highest BCUT2D eigenvalue weighted by Gasteiger charge is 2.36. The lowest BCUT2D eigenvalue weighted by Gasteiger charge is -2.15. The van der Waals surface area contributed by atoms with Crippen molar-refractivity contribution in [3.05, 3.63) is 47.1 Å². The fourth-order valence-electron chi connectivity index (χ4n) is 2.63. The molecule has 0 saturated carbocycles. The van der Waals surface area contributed by atoms with Crippen LogP contribution in [0.2, 0.25) is 0 Å². The zero-order valence-electron chi connectivity index (χ0n) is 14.7. The predicted octanol–water partition coefficient (Wildman–Crippen LogP) is 4.36. The fraction of sp³-hybridized carbons (Fsp3) is 0.278. The second kappa shape index (κ2) is 7.51. The Bertz CT molecular complexity index is 972. The molecule has 3 aromatic rings. The van der Waals surface area contributed by atoms with Gasteiger partial charge in [-0.15, -0.1) is 5.10 Å².